The Morgan fingerprint density at radius 3 is 2.70 bits per heavy atom. The zero-order valence-corrected chi connectivity index (χ0v) is 12.1. The number of amides is 1. The maximum absolute atomic E-state index is 13.8. The summed E-state index contributed by atoms with van der Waals surface area (Å²) >= 11 is 1.36. The molecule has 0 aliphatic heterocycles. The minimum atomic E-state index is -3.76. The van der Waals surface area contributed by atoms with Crippen molar-refractivity contribution in [2.24, 2.45) is 0 Å². The summed E-state index contributed by atoms with van der Waals surface area (Å²) in [6.45, 7) is -0.0746. The first-order valence-corrected chi connectivity index (χ1v) is 7.14. The molecular formula is C12H17F2N3O2S. The van der Waals surface area contributed by atoms with Crippen molar-refractivity contribution in [3.05, 3.63) is 11.1 Å². The van der Waals surface area contributed by atoms with Crippen LogP contribution in [0.3, 0.4) is 0 Å². The molecule has 0 radical (unpaired) electrons. The molecule has 0 saturated heterocycles. The van der Waals surface area contributed by atoms with Crippen LogP contribution in [-0.4, -0.2) is 41.6 Å². The van der Waals surface area contributed by atoms with Gasteiger partial charge in [0.05, 0.1) is 12.2 Å². The van der Waals surface area contributed by atoms with Crippen LogP contribution in [0.25, 0.3) is 0 Å². The highest BCUT2D eigenvalue weighted by atomic mass is 32.1. The van der Waals surface area contributed by atoms with Gasteiger partial charge in [-0.25, -0.2) is 4.98 Å². The van der Waals surface area contributed by atoms with Crippen LogP contribution in [0.5, 0.6) is 0 Å². The van der Waals surface area contributed by atoms with Crippen molar-refractivity contribution in [1.82, 2.24) is 10.3 Å². The number of rotatable bonds is 5. The Bertz CT molecular complexity index is 501. The average Bonchev–Trinajstić information content (AvgIpc) is 2.81. The zero-order chi connectivity index (χ0) is 15.0. The van der Waals surface area contributed by atoms with E-state index in [2.05, 4.69) is 10.3 Å². The molecule has 8 heteroatoms. The Kier molecular flexibility index (Phi) is 3.97. The van der Waals surface area contributed by atoms with Gasteiger partial charge in [0.25, 0.3) is 5.91 Å². The number of nitrogens with zero attached hydrogens (tertiary/aromatic N) is 2. The second-order valence-electron chi connectivity index (χ2n) is 5.16. The Morgan fingerprint density at radius 2 is 2.25 bits per heavy atom. The maximum Gasteiger partial charge on any atom is 0.352 e. The molecule has 0 atom stereocenters. The largest absolute Gasteiger partial charge is 0.383 e. The summed E-state index contributed by atoms with van der Waals surface area (Å²) in [6, 6.07) is 0. The lowest BCUT2D eigenvalue weighted by Crippen LogP contribution is -2.60. The summed E-state index contributed by atoms with van der Waals surface area (Å²) in [6.07, 6.45) is 0.418. The number of aliphatic hydroxyl groups is 1. The fraction of sp³-hybridized carbons (Fsp3) is 0.667. The van der Waals surface area contributed by atoms with Crippen LogP contribution in [0.1, 0.15) is 25.0 Å². The van der Waals surface area contributed by atoms with Gasteiger partial charge in [0.2, 0.25) is 0 Å². The van der Waals surface area contributed by atoms with Gasteiger partial charge in [-0.2, -0.15) is 8.78 Å². The number of carbonyl (C=O) groups is 1. The fourth-order valence-corrected chi connectivity index (χ4v) is 2.66. The van der Waals surface area contributed by atoms with Gasteiger partial charge in [-0.05, 0) is 19.3 Å². The quantitative estimate of drug-likeness (QED) is 0.862. The molecule has 1 aromatic rings. The molecule has 112 valence electrons. The lowest BCUT2D eigenvalue weighted by Gasteiger charge is -2.41. The normalized spacial score (nSPS) is 17.4. The van der Waals surface area contributed by atoms with E-state index in [0.29, 0.717) is 12.1 Å². The summed E-state index contributed by atoms with van der Waals surface area (Å²) in [5.41, 5.74) is -1.67. The first-order valence-electron chi connectivity index (χ1n) is 6.26. The van der Waals surface area contributed by atoms with Crippen LogP contribution in [0, 0.1) is 0 Å². The average molecular weight is 305 g/mol. The summed E-state index contributed by atoms with van der Waals surface area (Å²) < 4.78 is 27.6. The van der Waals surface area contributed by atoms with Crippen LogP contribution in [0.2, 0.25) is 0 Å². The molecular weight excluding hydrogens is 288 g/mol. The molecule has 0 spiro atoms. The maximum atomic E-state index is 13.8. The number of thiazole rings is 1. The van der Waals surface area contributed by atoms with E-state index in [-0.39, 0.29) is 19.4 Å². The van der Waals surface area contributed by atoms with Crippen molar-refractivity contribution in [2.45, 2.75) is 37.3 Å². The van der Waals surface area contributed by atoms with Gasteiger partial charge in [-0.15, -0.1) is 11.3 Å². The van der Waals surface area contributed by atoms with Gasteiger partial charge >= 0.3 is 5.92 Å². The molecule has 1 aliphatic carbocycles. The van der Waals surface area contributed by atoms with Gasteiger partial charge in [-0.3, -0.25) is 4.79 Å². The van der Waals surface area contributed by atoms with Crippen LogP contribution < -0.4 is 10.2 Å². The van der Waals surface area contributed by atoms with Crippen LogP contribution in [0.4, 0.5) is 13.9 Å². The molecule has 0 unspecified atom stereocenters. The van der Waals surface area contributed by atoms with E-state index in [9.17, 15) is 18.7 Å². The van der Waals surface area contributed by atoms with E-state index in [1.54, 1.807) is 10.3 Å². The van der Waals surface area contributed by atoms with Gasteiger partial charge in [-0.1, -0.05) is 0 Å². The Labute approximate surface area is 119 Å². The number of halogens is 2. The molecule has 1 heterocycles. The van der Waals surface area contributed by atoms with Crippen molar-refractivity contribution >= 4 is 22.4 Å². The third-order valence-electron chi connectivity index (χ3n) is 3.40. The molecule has 1 aliphatic rings. The number of hydrogen-bond acceptors (Lipinski definition) is 5. The lowest BCUT2D eigenvalue weighted by atomic mass is 9.75. The second-order valence-corrected chi connectivity index (χ2v) is 5.99. The summed E-state index contributed by atoms with van der Waals surface area (Å²) in [4.78, 5) is 17.5. The highest BCUT2D eigenvalue weighted by molar-refractivity contribution is 7.13. The van der Waals surface area contributed by atoms with Crippen molar-refractivity contribution in [3.63, 3.8) is 0 Å². The van der Waals surface area contributed by atoms with E-state index in [0.717, 1.165) is 5.13 Å². The first-order chi connectivity index (χ1) is 9.26. The van der Waals surface area contributed by atoms with Crippen molar-refractivity contribution in [1.29, 1.82) is 0 Å². The van der Waals surface area contributed by atoms with Crippen molar-refractivity contribution in [2.75, 3.05) is 19.0 Å². The first kappa shape index (κ1) is 15.1. The summed E-state index contributed by atoms with van der Waals surface area (Å²) in [7, 11) is 3.64. The third kappa shape index (κ3) is 2.62. The van der Waals surface area contributed by atoms with Gasteiger partial charge in [0, 0.05) is 19.5 Å². The Balaban J connectivity index is 1.94. The minimum absolute atomic E-state index is 0.0467. The molecule has 5 nitrogen and oxygen atoms in total. The number of alkyl halides is 2. The van der Waals surface area contributed by atoms with E-state index in [4.69, 9.17) is 0 Å². The molecule has 0 aromatic carbocycles. The highest BCUT2D eigenvalue weighted by Gasteiger charge is 2.61. The summed E-state index contributed by atoms with van der Waals surface area (Å²) in [5, 5.41) is 14.2. The molecule has 0 bridgehead atoms. The molecule has 1 amide bonds. The minimum Gasteiger partial charge on any atom is -0.383 e. The summed E-state index contributed by atoms with van der Waals surface area (Å²) in [5.74, 6) is -5.20. The van der Waals surface area contributed by atoms with Gasteiger partial charge in [0.15, 0.2) is 5.13 Å². The predicted octanol–water partition coefficient (Wildman–Crippen LogP) is 1.38. The molecule has 2 N–H and O–H groups in total. The second kappa shape index (κ2) is 5.25. The van der Waals surface area contributed by atoms with Crippen molar-refractivity contribution in [3.8, 4) is 0 Å². The number of anilines is 1. The van der Waals surface area contributed by atoms with Crippen LogP contribution in [0.15, 0.2) is 5.38 Å². The fourth-order valence-electron chi connectivity index (χ4n) is 1.90. The van der Waals surface area contributed by atoms with Crippen LogP contribution in [-0.2, 0) is 11.3 Å². The molecule has 2 rings (SSSR count). The zero-order valence-electron chi connectivity index (χ0n) is 11.3. The third-order valence-corrected chi connectivity index (χ3v) is 4.46. The molecule has 1 saturated carbocycles. The van der Waals surface area contributed by atoms with Gasteiger partial charge < -0.3 is 15.3 Å². The Hall–Kier alpha value is -1.28. The van der Waals surface area contributed by atoms with E-state index < -0.39 is 17.4 Å². The highest BCUT2D eigenvalue weighted by Crippen LogP contribution is 2.44. The number of hydrogen-bond donors (Lipinski definition) is 2. The van der Waals surface area contributed by atoms with E-state index in [1.807, 2.05) is 14.1 Å². The smallest absolute Gasteiger partial charge is 0.352 e. The number of aromatic nitrogens is 1. The van der Waals surface area contributed by atoms with Crippen LogP contribution >= 0.6 is 11.3 Å². The topological polar surface area (TPSA) is 65.5 Å². The molecule has 1 fully saturated rings. The standard InChI is InChI=1S/C12H17F2N3O2S/c1-17(2)10-16-8(7-20-10)6-15-9(18)12(13,14)11(19)4-3-5-11/h7,19H,3-6H2,1-2H3,(H,15,18). The van der Waals surface area contributed by atoms with Crippen molar-refractivity contribution < 1.29 is 18.7 Å². The van der Waals surface area contributed by atoms with E-state index >= 15 is 0 Å². The lowest BCUT2D eigenvalue weighted by molar-refractivity contribution is -0.216. The monoisotopic (exact) mass is 305 g/mol. The Morgan fingerprint density at radius 1 is 1.60 bits per heavy atom. The van der Waals surface area contributed by atoms with E-state index in [1.165, 1.54) is 11.3 Å². The SMILES string of the molecule is CN(C)c1nc(CNC(=O)C(F)(F)C2(O)CCC2)cs1. The molecule has 1 aromatic heterocycles. The van der Waals surface area contributed by atoms with Gasteiger partial charge in [0.1, 0.15) is 5.60 Å². The number of carbonyl (C=O) groups excluding carboxylic acids is 1. The predicted molar refractivity (Wildman–Crippen MR) is 72.0 cm³/mol. The molecule has 20 heavy (non-hydrogen) atoms. The number of nitrogens with one attached hydrogen (secondary N) is 1.